The van der Waals surface area contributed by atoms with Gasteiger partial charge in [-0.1, -0.05) is 6.08 Å². The molecule has 0 aromatic heterocycles. The Morgan fingerprint density at radius 1 is 1.60 bits per heavy atom. The van der Waals surface area contributed by atoms with Crippen LogP contribution in [0.15, 0.2) is 12.7 Å². The molecule has 0 fully saturated rings. The molecule has 86 valence electrons. The molecular weight excluding hydrogens is 216 g/mol. The van der Waals surface area contributed by atoms with Crippen molar-refractivity contribution in [3.05, 3.63) is 12.7 Å². The quantitative estimate of drug-likeness (QED) is 0.445. The highest BCUT2D eigenvalue weighted by Gasteiger charge is 2.12. The van der Waals surface area contributed by atoms with Crippen LogP contribution in [0.25, 0.3) is 0 Å². The van der Waals surface area contributed by atoms with Crippen molar-refractivity contribution in [3.63, 3.8) is 0 Å². The molecule has 0 rings (SSSR count). The highest BCUT2D eigenvalue weighted by Crippen LogP contribution is 1.96. The van der Waals surface area contributed by atoms with Crippen LogP contribution in [0.2, 0.25) is 0 Å². The molecule has 15 heavy (non-hydrogen) atoms. The first-order chi connectivity index (χ1) is 7.07. The molecule has 0 saturated heterocycles. The smallest absolute Gasteiger partial charge is 0.325 e. The number of hydrogen-bond acceptors (Lipinski definition) is 3. The summed E-state index contributed by atoms with van der Waals surface area (Å²) in [6.45, 7) is 5.49. The number of carbonyl (C=O) groups excluding carboxylic acids is 1. The fraction of sp³-hybridized carbons (Fsp3) is 0.556. The number of carboxylic acids is 1. The standard InChI is InChI=1S/C9H16N2O3S/c1-3-5-15-6-4-10-9(14)11-7(2)8(12)13/h3,7H,1,4-6H2,2H3,(H,12,13)(H2,10,11,14)/t7-/m0/s1. The van der Waals surface area contributed by atoms with Crippen LogP contribution in [0.1, 0.15) is 6.92 Å². The van der Waals surface area contributed by atoms with Gasteiger partial charge in [0.1, 0.15) is 6.04 Å². The van der Waals surface area contributed by atoms with Crippen molar-refractivity contribution >= 4 is 23.8 Å². The maximum absolute atomic E-state index is 11.1. The first kappa shape index (κ1) is 13.8. The predicted octanol–water partition coefficient (Wildman–Crippen LogP) is 0.678. The van der Waals surface area contributed by atoms with Gasteiger partial charge in [0, 0.05) is 18.1 Å². The van der Waals surface area contributed by atoms with E-state index in [9.17, 15) is 9.59 Å². The number of carboxylic acid groups (broad SMARTS) is 1. The Morgan fingerprint density at radius 2 is 2.27 bits per heavy atom. The van der Waals surface area contributed by atoms with Crippen molar-refractivity contribution in [3.8, 4) is 0 Å². The lowest BCUT2D eigenvalue weighted by Crippen LogP contribution is -2.44. The second-order valence-electron chi connectivity index (χ2n) is 2.82. The SMILES string of the molecule is C=CCSCCNC(=O)N[C@@H](C)C(=O)O. The Kier molecular flexibility index (Phi) is 7.53. The summed E-state index contributed by atoms with van der Waals surface area (Å²) >= 11 is 1.64. The molecule has 0 saturated carbocycles. The minimum absolute atomic E-state index is 0.455. The van der Waals surface area contributed by atoms with Crippen molar-refractivity contribution in [2.75, 3.05) is 18.1 Å². The molecule has 0 heterocycles. The van der Waals surface area contributed by atoms with Crippen LogP contribution in [0.4, 0.5) is 4.79 Å². The van der Waals surface area contributed by atoms with Crippen LogP contribution in [-0.4, -0.2) is 41.2 Å². The van der Waals surface area contributed by atoms with Crippen LogP contribution >= 0.6 is 11.8 Å². The molecule has 2 amide bonds. The van der Waals surface area contributed by atoms with E-state index >= 15 is 0 Å². The van der Waals surface area contributed by atoms with Crippen molar-refractivity contribution in [2.24, 2.45) is 0 Å². The maximum atomic E-state index is 11.1. The summed E-state index contributed by atoms with van der Waals surface area (Å²) in [5.41, 5.74) is 0. The highest BCUT2D eigenvalue weighted by molar-refractivity contribution is 7.99. The average molecular weight is 232 g/mol. The van der Waals surface area contributed by atoms with Crippen LogP contribution < -0.4 is 10.6 Å². The third-order valence-electron chi connectivity index (χ3n) is 1.49. The molecule has 1 atom stereocenters. The van der Waals surface area contributed by atoms with Crippen molar-refractivity contribution in [1.29, 1.82) is 0 Å². The Balaban J connectivity index is 3.49. The van der Waals surface area contributed by atoms with E-state index in [1.807, 2.05) is 0 Å². The molecule has 0 spiro atoms. The van der Waals surface area contributed by atoms with Gasteiger partial charge in [0.05, 0.1) is 0 Å². The summed E-state index contributed by atoms with van der Waals surface area (Å²) in [5, 5.41) is 13.4. The van der Waals surface area contributed by atoms with Crippen molar-refractivity contribution < 1.29 is 14.7 Å². The van der Waals surface area contributed by atoms with Crippen molar-refractivity contribution in [2.45, 2.75) is 13.0 Å². The number of aliphatic carboxylic acids is 1. The minimum Gasteiger partial charge on any atom is -0.480 e. The lowest BCUT2D eigenvalue weighted by molar-refractivity contribution is -0.138. The average Bonchev–Trinajstić information content (AvgIpc) is 2.17. The zero-order valence-electron chi connectivity index (χ0n) is 8.66. The van der Waals surface area contributed by atoms with E-state index in [0.717, 1.165) is 11.5 Å². The summed E-state index contributed by atoms with van der Waals surface area (Å²) < 4.78 is 0. The third kappa shape index (κ3) is 7.87. The van der Waals surface area contributed by atoms with Gasteiger partial charge in [-0.15, -0.1) is 6.58 Å². The zero-order chi connectivity index (χ0) is 11.7. The molecule has 0 aromatic carbocycles. The normalized spacial score (nSPS) is 11.5. The molecule has 0 radical (unpaired) electrons. The van der Waals surface area contributed by atoms with Gasteiger partial charge in [0.15, 0.2) is 0 Å². The van der Waals surface area contributed by atoms with E-state index in [1.165, 1.54) is 6.92 Å². The van der Waals surface area contributed by atoms with Gasteiger partial charge in [-0.05, 0) is 6.92 Å². The van der Waals surface area contributed by atoms with E-state index in [2.05, 4.69) is 17.2 Å². The van der Waals surface area contributed by atoms with Gasteiger partial charge in [0.2, 0.25) is 0 Å². The number of amides is 2. The molecule has 0 bridgehead atoms. The number of carbonyl (C=O) groups is 2. The Hall–Kier alpha value is -1.17. The van der Waals surface area contributed by atoms with Crippen LogP contribution in [-0.2, 0) is 4.79 Å². The molecule has 0 aliphatic heterocycles. The number of urea groups is 1. The first-order valence-corrected chi connectivity index (χ1v) is 5.69. The van der Waals surface area contributed by atoms with Gasteiger partial charge in [-0.3, -0.25) is 4.79 Å². The Morgan fingerprint density at radius 3 is 2.80 bits per heavy atom. The van der Waals surface area contributed by atoms with E-state index in [-0.39, 0.29) is 0 Å². The fourth-order valence-electron chi connectivity index (χ4n) is 0.713. The second kappa shape index (κ2) is 8.16. The molecule has 3 N–H and O–H groups in total. The zero-order valence-corrected chi connectivity index (χ0v) is 9.47. The highest BCUT2D eigenvalue weighted by atomic mass is 32.2. The fourth-order valence-corrected chi connectivity index (χ4v) is 1.29. The lowest BCUT2D eigenvalue weighted by atomic mass is 10.3. The van der Waals surface area contributed by atoms with Crippen LogP contribution in [0, 0.1) is 0 Å². The van der Waals surface area contributed by atoms with Gasteiger partial charge in [-0.25, -0.2) is 4.79 Å². The molecular formula is C9H16N2O3S. The molecule has 0 aliphatic carbocycles. The van der Waals surface area contributed by atoms with E-state index in [1.54, 1.807) is 17.8 Å². The van der Waals surface area contributed by atoms with E-state index < -0.39 is 18.0 Å². The van der Waals surface area contributed by atoms with Gasteiger partial charge < -0.3 is 15.7 Å². The molecule has 0 aliphatic rings. The van der Waals surface area contributed by atoms with Gasteiger partial charge in [-0.2, -0.15) is 11.8 Å². The lowest BCUT2D eigenvalue weighted by Gasteiger charge is -2.10. The minimum atomic E-state index is -1.05. The Bertz CT molecular complexity index is 233. The number of thioether (sulfide) groups is 1. The van der Waals surface area contributed by atoms with Crippen molar-refractivity contribution in [1.82, 2.24) is 10.6 Å². The molecule has 5 nitrogen and oxygen atoms in total. The molecule has 0 unspecified atom stereocenters. The summed E-state index contributed by atoms with van der Waals surface area (Å²) in [6, 6.07) is -1.32. The largest absolute Gasteiger partial charge is 0.480 e. The molecule has 0 aromatic rings. The van der Waals surface area contributed by atoms with E-state index in [0.29, 0.717) is 6.54 Å². The number of hydrogen-bond donors (Lipinski definition) is 3. The maximum Gasteiger partial charge on any atom is 0.325 e. The third-order valence-corrected chi connectivity index (χ3v) is 2.45. The number of nitrogens with one attached hydrogen (secondary N) is 2. The monoisotopic (exact) mass is 232 g/mol. The first-order valence-electron chi connectivity index (χ1n) is 4.53. The van der Waals surface area contributed by atoms with Gasteiger partial charge >= 0.3 is 12.0 Å². The number of rotatable bonds is 7. The summed E-state index contributed by atoms with van der Waals surface area (Å²) in [6.07, 6.45) is 1.79. The van der Waals surface area contributed by atoms with Crippen LogP contribution in [0.5, 0.6) is 0 Å². The summed E-state index contributed by atoms with van der Waals surface area (Å²) in [4.78, 5) is 21.5. The Labute approximate surface area is 93.3 Å². The predicted molar refractivity (Wildman–Crippen MR) is 61.2 cm³/mol. The van der Waals surface area contributed by atoms with E-state index in [4.69, 9.17) is 5.11 Å². The summed E-state index contributed by atoms with van der Waals surface area (Å²) in [5.74, 6) is 0.571. The molecule has 6 heteroatoms. The van der Waals surface area contributed by atoms with Crippen LogP contribution in [0.3, 0.4) is 0 Å². The van der Waals surface area contributed by atoms with Gasteiger partial charge in [0.25, 0.3) is 0 Å². The second-order valence-corrected chi connectivity index (χ2v) is 3.97. The topological polar surface area (TPSA) is 78.4 Å². The summed E-state index contributed by atoms with van der Waals surface area (Å²) in [7, 11) is 0.